The molecule has 20 rings (SSSR count). The van der Waals surface area contributed by atoms with Gasteiger partial charge in [0.1, 0.15) is 11.6 Å². The van der Waals surface area contributed by atoms with E-state index in [9.17, 15) is 0 Å². The van der Waals surface area contributed by atoms with Crippen molar-refractivity contribution in [2.24, 2.45) is 0 Å². The molecule has 20 aromatic rings. The molecule has 454 valence electrons. The third kappa shape index (κ3) is 7.73. The van der Waals surface area contributed by atoms with Crippen LogP contribution in [0.1, 0.15) is 5.56 Å². The Morgan fingerprint density at radius 3 is 0.656 bits per heavy atom. The van der Waals surface area contributed by atoms with E-state index in [2.05, 4.69) is 140 Å². The predicted molar refractivity (Wildman–Crippen MR) is 383 cm³/mol. The number of fused-ring (bicyclic) bond motifs is 18. The molecule has 0 radical (unpaired) electrons. The quantitative estimate of drug-likeness (QED) is 0.142. The second kappa shape index (κ2) is 20.0. The van der Waals surface area contributed by atoms with Gasteiger partial charge in [0, 0.05) is 99.0 Å². The van der Waals surface area contributed by atoms with Gasteiger partial charge in [-0.05, 0) is 151 Å². The van der Waals surface area contributed by atoms with E-state index in [1.165, 1.54) is 12.1 Å². The Morgan fingerprint density at radius 2 is 0.427 bits per heavy atom. The Morgan fingerprint density at radius 1 is 0.208 bits per heavy atom. The number of rotatable bonds is 7. The molecule has 0 saturated heterocycles. The molecule has 0 aliphatic rings. The second-order valence-electron chi connectivity index (χ2n) is 25.0. The average molecular weight is 1250 g/mol. The molecule has 0 spiro atoms. The van der Waals surface area contributed by atoms with Crippen LogP contribution in [0.3, 0.4) is 0 Å². The van der Waals surface area contributed by atoms with Crippen LogP contribution in [-0.4, -0.2) is 27.4 Å². The number of alkyl halides is 3. The molecule has 6 aromatic heterocycles. The van der Waals surface area contributed by atoms with Crippen molar-refractivity contribution in [3.63, 3.8) is 0 Å². The van der Waals surface area contributed by atoms with Crippen LogP contribution in [0.25, 0.3) is 176 Å². The normalized spacial score (nSPS) is 12.4. The molecule has 0 fully saturated rings. The van der Waals surface area contributed by atoms with Crippen molar-refractivity contribution in [3.05, 3.63) is 314 Å². The van der Waals surface area contributed by atoms with E-state index in [1.54, 1.807) is 0 Å². The molecule has 0 bridgehead atoms. The van der Waals surface area contributed by atoms with Crippen LogP contribution >= 0.6 is 0 Å². The van der Waals surface area contributed by atoms with E-state index in [0.717, 1.165) is 150 Å². The van der Waals surface area contributed by atoms with E-state index in [4.69, 9.17) is 0 Å². The van der Waals surface area contributed by atoms with Crippen LogP contribution in [-0.2, 0) is 6.18 Å². The summed E-state index contributed by atoms with van der Waals surface area (Å²) >= 11 is 0. The van der Waals surface area contributed by atoms with Crippen LogP contribution < -0.4 is 0 Å². The van der Waals surface area contributed by atoms with Crippen LogP contribution in [0.15, 0.2) is 297 Å². The van der Waals surface area contributed by atoms with Crippen molar-refractivity contribution in [2.75, 3.05) is 0 Å². The van der Waals surface area contributed by atoms with Gasteiger partial charge in [-0.15, -0.1) is 0 Å². The molecule has 14 aromatic carbocycles. The molecule has 0 unspecified atom stereocenters. The van der Waals surface area contributed by atoms with E-state index < -0.39 is 23.4 Å². The summed E-state index contributed by atoms with van der Waals surface area (Å²) < 4.78 is 95.6. The smallest absolute Gasteiger partial charge is 0.309 e. The number of nitrogens with zero attached hydrogens (tertiary/aromatic N) is 6. The maximum absolute atomic E-state index is 16.7. The lowest BCUT2D eigenvalue weighted by Gasteiger charge is -2.23. The third-order valence-electron chi connectivity index (χ3n) is 19.9. The molecule has 6 nitrogen and oxygen atoms in total. The molecular weight excluding hydrogens is 1200 g/mol. The van der Waals surface area contributed by atoms with E-state index in [1.807, 2.05) is 155 Å². The summed E-state index contributed by atoms with van der Waals surface area (Å²) in [6.45, 7) is 0. The Hall–Kier alpha value is -12.5. The molecule has 0 amide bonds. The fourth-order valence-corrected chi connectivity index (χ4v) is 16.0. The summed E-state index contributed by atoms with van der Waals surface area (Å²) in [6.07, 6.45) is -4.92. The van der Waals surface area contributed by atoms with Gasteiger partial charge in [-0.3, -0.25) is 0 Å². The predicted octanol–water partition coefficient (Wildman–Crippen LogP) is 23.2. The zero-order valence-corrected chi connectivity index (χ0v) is 50.9. The molecule has 11 heteroatoms. The average Bonchev–Trinajstić information content (AvgIpc) is 1.52. The fraction of sp³-hybridized carbons (Fsp3) is 0.0118. The highest BCUT2D eigenvalue weighted by Crippen LogP contribution is 2.48. The molecule has 96 heavy (non-hydrogen) atoms. The van der Waals surface area contributed by atoms with Crippen LogP contribution in [0.5, 0.6) is 0 Å². The lowest BCUT2D eigenvalue weighted by molar-refractivity contribution is -0.137. The first-order valence-corrected chi connectivity index (χ1v) is 31.9. The van der Waals surface area contributed by atoms with Gasteiger partial charge in [0.15, 0.2) is 0 Å². The van der Waals surface area contributed by atoms with Gasteiger partial charge in [-0.2, -0.15) is 13.2 Å². The number of hydrogen-bond donors (Lipinski definition) is 0. The van der Waals surface area contributed by atoms with E-state index in [-0.39, 0.29) is 22.5 Å². The highest BCUT2D eigenvalue weighted by Gasteiger charge is 2.35. The first-order valence-electron chi connectivity index (χ1n) is 31.9. The SMILES string of the molecule is Fc1cc(F)cc(-c2c(-n3c4ccc(-n5c6ccccc6c6ccccc65)cc4c4cc(-n5c6ccccc6c6ccccc65)ccc43)cc(C(F)(F)F)cc2-n2c3ccc(-n4c5ccccc5c5ccccc54)cc3c3cc(-n4c5ccccc5c5ccccc54)ccc32)c1. The minimum Gasteiger partial charge on any atom is -0.309 e. The zero-order chi connectivity index (χ0) is 63.8. The van der Waals surface area contributed by atoms with Crippen LogP contribution in [0.4, 0.5) is 22.0 Å². The lowest BCUT2D eigenvalue weighted by Crippen LogP contribution is -2.11. The van der Waals surface area contributed by atoms with Gasteiger partial charge in [0.2, 0.25) is 0 Å². The number of hydrogen-bond acceptors (Lipinski definition) is 0. The fourth-order valence-electron chi connectivity index (χ4n) is 16.0. The third-order valence-corrected chi connectivity index (χ3v) is 19.9. The maximum atomic E-state index is 16.7. The highest BCUT2D eigenvalue weighted by atomic mass is 19.4. The monoisotopic (exact) mass is 1250 g/mol. The molecule has 0 aliphatic heterocycles. The molecule has 0 atom stereocenters. The first kappa shape index (κ1) is 54.1. The van der Waals surface area contributed by atoms with Gasteiger partial charge in [0.25, 0.3) is 0 Å². The Bertz CT molecular complexity index is 5800. The van der Waals surface area contributed by atoms with E-state index in [0.29, 0.717) is 22.1 Å². The van der Waals surface area contributed by atoms with Gasteiger partial charge >= 0.3 is 6.18 Å². The summed E-state index contributed by atoms with van der Waals surface area (Å²) in [5.41, 5.74) is 13.0. The van der Waals surface area contributed by atoms with Crippen molar-refractivity contribution in [3.8, 4) is 45.3 Å². The Balaban J connectivity index is 0.919. The lowest BCUT2D eigenvalue weighted by atomic mass is 9.97. The van der Waals surface area contributed by atoms with Gasteiger partial charge in [-0.1, -0.05) is 146 Å². The van der Waals surface area contributed by atoms with Crippen molar-refractivity contribution in [2.45, 2.75) is 6.18 Å². The van der Waals surface area contributed by atoms with Crippen LogP contribution in [0.2, 0.25) is 0 Å². The Labute approximate surface area is 543 Å². The molecule has 0 saturated carbocycles. The number of para-hydroxylation sites is 8. The van der Waals surface area contributed by atoms with Gasteiger partial charge in [0.05, 0.1) is 83.1 Å². The minimum atomic E-state index is -4.92. The zero-order valence-electron chi connectivity index (χ0n) is 50.9. The minimum absolute atomic E-state index is 0.0452. The number of benzene rings is 14. The summed E-state index contributed by atoms with van der Waals surface area (Å²) in [4.78, 5) is 0. The second-order valence-corrected chi connectivity index (χ2v) is 25.0. The van der Waals surface area contributed by atoms with Crippen molar-refractivity contribution < 1.29 is 22.0 Å². The molecule has 0 aliphatic carbocycles. The maximum Gasteiger partial charge on any atom is 0.416 e. The van der Waals surface area contributed by atoms with Gasteiger partial charge < -0.3 is 27.4 Å². The topological polar surface area (TPSA) is 29.6 Å². The van der Waals surface area contributed by atoms with Crippen molar-refractivity contribution >= 4 is 131 Å². The standard InChI is InChI=1S/C85H49F5N6/c86-52-41-50(42-53(87)45-52)84-82(95-78-37-33-54(91-70-25-9-1-17-58(70)59-18-2-10-26-71(59)91)46-66(78)67-47-55(34-38-79(67)95)92-72-27-11-3-19-60(72)61-20-4-12-28-73(61)92)43-51(85(88,89)90)44-83(84)96-80-39-35-56(93-74-29-13-5-21-62(74)63-22-6-14-30-75(63)93)48-68(80)69-49-57(36-40-81(69)96)94-76-31-15-7-23-64(76)65-24-8-16-32-77(65)94/h1-49H. The number of aromatic nitrogens is 6. The highest BCUT2D eigenvalue weighted by molar-refractivity contribution is 6.17. The van der Waals surface area contributed by atoms with Gasteiger partial charge in [-0.25, -0.2) is 8.78 Å². The van der Waals surface area contributed by atoms with Crippen molar-refractivity contribution in [1.82, 2.24) is 27.4 Å². The van der Waals surface area contributed by atoms with Crippen molar-refractivity contribution in [1.29, 1.82) is 0 Å². The number of halogens is 5. The first-order chi connectivity index (χ1) is 47.1. The Kier molecular flexibility index (Phi) is 11.3. The molecule has 6 heterocycles. The summed E-state index contributed by atoms with van der Waals surface area (Å²) in [5.74, 6) is -1.77. The largest absolute Gasteiger partial charge is 0.416 e. The molecule has 0 N–H and O–H groups in total. The van der Waals surface area contributed by atoms with E-state index >= 15 is 22.0 Å². The summed E-state index contributed by atoms with van der Waals surface area (Å²) in [6, 6.07) is 96.1. The summed E-state index contributed by atoms with van der Waals surface area (Å²) in [7, 11) is 0. The van der Waals surface area contributed by atoms with Crippen LogP contribution in [0, 0.1) is 11.6 Å². The summed E-state index contributed by atoms with van der Waals surface area (Å²) in [5, 5.41) is 11.6. The molecular formula is C85H49F5N6.